The summed E-state index contributed by atoms with van der Waals surface area (Å²) in [6.07, 6.45) is 0. The van der Waals surface area contributed by atoms with Crippen LogP contribution in [0.3, 0.4) is 0 Å². The molecule has 2 unspecified atom stereocenters. The lowest BCUT2D eigenvalue weighted by Crippen LogP contribution is -2.16. The van der Waals surface area contributed by atoms with E-state index in [0.717, 1.165) is 5.56 Å². The topological polar surface area (TPSA) is 47.6 Å². The lowest BCUT2D eigenvalue weighted by Gasteiger charge is -2.15. The molecule has 0 radical (unpaired) electrons. The van der Waals surface area contributed by atoms with Crippen molar-refractivity contribution in [2.45, 2.75) is 12.8 Å². The Morgan fingerprint density at radius 3 is 2.47 bits per heavy atom. The average Bonchev–Trinajstić information content (AvgIpc) is 2.69. The van der Waals surface area contributed by atoms with Crippen molar-refractivity contribution >= 4 is 5.91 Å². The molecule has 1 heterocycles. The summed E-state index contributed by atoms with van der Waals surface area (Å²) in [6.45, 7) is 2.64. The predicted molar refractivity (Wildman–Crippen MR) is 64.5 cm³/mol. The van der Waals surface area contributed by atoms with E-state index in [4.69, 9.17) is 9.47 Å². The van der Waals surface area contributed by atoms with Crippen molar-refractivity contribution in [1.82, 2.24) is 5.32 Å². The minimum absolute atomic E-state index is 0.00750. The molecule has 17 heavy (non-hydrogen) atoms. The molecule has 0 aromatic heterocycles. The molecule has 1 fully saturated rings. The number of ether oxygens (including phenoxy) is 2. The van der Waals surface area contributed by atoms with Gasteiger partial charge < -0.3 is 14.8 Å². The zero-order chi connectivity index (χ0) is 12.4. The molecule has 1 N–H and O–H groups in total. The molecule has 2 atom stereocenters. The Morgan fingerprint density at radius 1 is 1.24 bits per heavy atom. The van der Waals surface area contributed by atoms with Gasteiger partial charge in [0, 0.05) is 18.4 Å². The van der Waals surface area contributed by atoms with E-state index < -0.39 is 0 Å². The standard InChI is InChI=1S/C13H17NO3/c1-8-10(7-14-13(8)15)9-4-5-11(16-2)12(6-9)17-3/h4-6,8,10H,7H2,1-3H3,(H,14,15). The van der Waals surface area contributed by atoms with Crippen molar-refractivity contribution in [2.24, 2.45) is 5.92 Å². The maximum Gasteiger partial charge on any atom is 0.223 e. The van der Waals surface area contributed by atoms with Gasteiger partial charge in [0.05, 0.1) is 14.2 Å². The minimum atomic E-state index is 0.00750. The fraction of sp³-hybridized carbons (Fsp3) is 0.462. The smallest absolute Gasteiger partial charge is 0.223 e. The van der Waals surface area contributed by atoms with E-state index in [0.29, 0.717) is 18.0 Å². The summed E-state index contributed by atoms with van der Waals surface area (Å²) < 4.78 is 10.5. The van der Waals surface area contributed by atoms with E-state index in [2.05, 4.69) is 5.32 Å². The third-order valence-corrected chi connectivity index (χ3v) is 3.35. The van der Waals surface area contributed by atoms with Crippen LogP contribution in [0.25, 0.3) is 0 Å². The third-order valence-electron chi connectivity index (χ3n) is 3.35. The highest BCUT2D eigenvalue weighted by Gasteiger charge is 2.32. The van der Waals surface area contributed by atoms with E-state index in [1.807, 2.05) is 25.1 Å². The van der Waals surface area contributed by atoms with Crippen LogP contribution in [0.1, 0.15) is 18.4 Å². The van der Waals surface area contributed by atoms with E-state index in [1.165, 1.54) is 0 Å². The van der Waals surface area contributed by atoms with Crippen molar-refractivity contribution in [3.05, 3.63) is 23.8 Å². The van der Waals surface area contributed by atoms with Gasteiger partial charge in [-0.1, -0.05) is 13.0 Å². The first-order valence-electron chi connectivity index (χ1n) is 5.67. The molecular formula is C13H17NO3. The quantitative estimate of drug-likeness (QED) is 0.864. The van der Waals surface area contributed by atoms with Crippen LogP contribution >= 0.6 is 0 Å². The number of carbonyl (C=O) groups excluding carboxylic acids is 1. The highest BCUT2D eigenvalue weighted by atomic mass is 16.5. The number of amides is 1. The number of rotatable bonds is 3. The molecule has 92 valence electrons. The minimum Gasteiger partial charge on any atom is -0.493 e. The van der Waals surface area contributed by atoms with Gasteiger partial charge in [0.2, 0.25) is 5.91 Å². The summed E-state index contributed by atoms with van der Waals surface area (Å²) in [5, 5.41) is 2.87. The van der Waals surface area contributed by atoms with Crippen molar-refractivity contribution < 1.29 is 14.3 Å². The molecule has 1 amide bonds. The Bertz CT molecular complexity index is 431. The van der Waals surface area contributed by atoms with Crippen LogP contribution < -0.4 is 14.8 Å². The normalized spacial score (nSPS) is 23.4. The zero-order valence-corrected chi connectivity index (χ0v) is 10.3. The van der Waals surface area contributed by atoms with Crippen molar-refractivity contribution in [2.75, 3.05) is 20.8 Å². The molecule has 2 rings (SSSR count). The molecule has 0 bridgehead atoms. The van der Waals surface area contributed by atoms with Gasteiger partial charge in [-0.25, -0.2) is 0 Å². The fourth-order valence-electron chi connectivity index (χ4n) is 2.22. The molecule has 4 nitrogen and oxygen atoms in total. The van der Waals surface area contributed by atoms with E-state index in [-0.39, 0.29) is 17.7 Å². The van der Waals surface area contributed by atoms with Gasteiger partial charge in [-0.05, 0) is 17.7 Å². The highest BCUT2D eigenvalue weighted by molar-refractivity contribution is 5.82. The van der Waals surface area contributed by atoms with Crippen LogP contribution in [0.4, 0.5) is 0 Å². The van der Waals surface area contributed by atoms with Gasteiger partial charge in [0.25, 0.3) is 0 Å². The summed E-state index contributed by atoms with van der Waals surface area (Å²) >= 11 is 0. The van der Waals surface area contributed by atoms with Crippen LogP contribution in [-0.4, -0.2) is 26.7 Å². The molecule has 1 saturated heterocycles. The number of hydrogen-bond donors (Lipinski definition) is 1. The SMILES string of the molecule is COc1ccc(C2CNC(=O)C2C)cc1OC. The number of hydrogen-bond acceptors (Lipinski definition) is 3. The first kappa shape index (κ1) is 11.8. The maximum absolute atomic E-state index is 11.5. The van der Waals surface area contributed by atoms with E-state index >= 15 is 0 Å². The van der Waals surface area contributed by atoms with Crippen molar-refractivity contribution in [3.8, 4) is 11.5 Å². The van der Waals surface area contributed by atoms with E-state index in [1.54, 1.807) is 14.2 Å². The summed E-state index contributed by atoms with van der Waals surface area (Å²) in [6, 6.07) is 5.81. The maximum atomic E-state index is 11.5. The molecule has 1 aliphatic rings. The summed E-state index contributed by atoms with van der Waals surface area (Å²) in [7, 11) is 3.23. The number of carbonyl (C=O) groups is 1. The monoisotopic (exact) mass is 235 g/mol. The molecule has 1 aromatic rings. The average molecular weight is 235 g/mol. The lowest BCUT2D eigenvalue weighted by molar-refractivity contribution is -0.122. The van der Waals surface area contributed by atoms with Gasteiger partial charge >= 0.3 is 0 Å². The van der Waals surface area contributed by atoms with Crippen molar-refractivity contribution in [1.29, 1.82) is 0 Å². The first-order chi connectivity index (χ1) is 8.17. The van der Waals surface area contributed by atoms with Gasteiger partial charge in [-0.2, -0.15) is 0 Å². The number of nitrogens with one attached hydrogen (secondary N) is 1. The highest BCUT2D eigenvalue weighted by Crippen LogP contribution is 2.34. The van der Waals surface area contributed by atoms with Crippen LogP contribution in [0, 0.1) is 5.92 Å². The summed E-state index contributed by atoms with van der Waals surface area (Å²) in [5.41, 5.74) is 1.11. The first-order valence-corrected chi connectivity index (χ1v) is 5.67. The second-order valence-corrected chi connectivity index (χ2v) is 4.25. The lowest BCUT2D eigenvalue weighted by atomic mass is 9.90. The number of methoxy groups -OCH3 is 2. The van der Waals surface area contributed by atoms with Gasteiger partial charge in [0.1, 0.15) is 0 Å². The zero-order valence-electron chi connectivity index (χ0n) is 10.3. The van der Waals surface area contributed by atoms with Crippen LogP contribution in [0.15, 0.2) is 18.2 Å². The molecular weight excluding hydrogens is 218 g/mol. The Kier molecular flexibility index (Phi) is 3.22. The Morgan fingerprint density at radius 2 is 1.94 bits per heavy atom. The Hall–Kier alpha value is -1.71. The number of benzene rings is 1. The van der Waals surface area contributed by atoms with Gasteiger partial charge in [0.15, 0.2) is 11.5 Å². The van der Waals surface area contributed by atoms with Gasteiger partial charge in [-0.15, -0.1) is 0 Å². The molecule has 1 aromatic carbocycles. The summed E-state index contributed by atoms with van der Waals surface area (Å²) in [4.78, 5) is 11.5. The fourth-order valence-corrected chi connectivity index (χ4v) is 2.22. The van der Waals surface area contributed by atoms with E-state index in [9.17, 15) is 4.79 Å². The molecule has 0 spiro atoms. The summed E-state index contributed by atoms with van der Waals surface area (Å²) in [5.74, 6) is 1.75. The van der Waals surface area contributed by atoms with Gasteiger partial charge in [-0.3, -0.25) is 4.79 Å². The Balaban J connectivity index is 2.31. The molecule has 4 heteroatoms. The second kappa shape index (κ2) is 4.65. The predicted octanol–water partition coefficient (Wildman–Crippen LogP) is 1.55. The van der Waals surface area contributed by atoms with Crippen molar-refractivity contribution in [3.63, 3.8) is 0 Å². The second-order valence-electron chi connectivity index (χ2n) is 4.25. The molecule has 0 aliphatic carbocycles. The van der Waals surface area contributed by atoms with Crippen LogP contribution in [0.5, 0.6) is 11.5 Å². The third kappa shape index (κ3) is 2.07. The van der Waals surface area contributed by atoms with Crippen LogP contribution in [-0.2, 0) is 4.79 Å². The molecule has 0 saturated carbocycles. The Labute approximate surface area is 101 Å². The largest absolute Gasteiger partial charge is 0.493 e. The molecule has 1 aliphatic heterocycles. The van der Waals surface area contributed by atoms with Crippen LogP contribution in [0.2, 0.25) is 0 Å².